The van der Waals surface area contributed by atoms with E-state index in [0.717, 1.165) is 6.42 Å². The fourth-order valence-electron chi connectivity index (χ4n) is 0.980. The van der Waals surface area contributed by atoms with Crippen LogP contribution in [-0.2, 0) is 0 Å². The zero-order valence-corrected chi connectivity index (χ0v) is 5.26. The predicted octanol–water partition coefficient (Wildman–Crippen LogP) is 0.138. The van der Waals surface area contributed by atoms with Gasteiger partial charge >= 0.3 is 0 Å². The average Bonchev–Trinajstić information content (AvgIpc) is 1.68. The topological polar surface area (TPSA) is 40.5 Å². The quantitative estimate of drug-likeness (QED) is 0.472. The first-order valence-corrected chi connectivity index (χ1v) is 2.95. The van der Waals surface area contributed by atoms with E-state index in [1.807, 2.05) is 6.92 Å². The number of aliphatic hydroxyl groups is 2. The lowest BCUT2D eigenvalue weighted by molar-refractivity contribution is -0.173. The van der Waals surface area contributed by atoms with Gasteiger partial charge in [-0.2, -0.15) is 0 Å². The molecule has 1 fully saturated rings. The van der Waals surface area contributed by atoms with E-state index in [0.29, 0.717) is 0 Å². The molecule has 2 nitrogen and oxygen atoms in total. The van der Waals surface area contributed by atoms with E-state index >= 15 is 0 Å². The highest BCUT2D eigenvalue weighted by molar-refractivity contribution is 4.97. The Bertz CT molecular complexity index is 88.7. The molecule has 3 unspecified atom stereocenters. The summed E-state index contributed by atoms with van der Waals surface area (Å²) in [6, 6.07) is 0. The van der Waals surface area contributed by atoms with Gasteiger partial charge in [0.05, 0.1) is 11.7 Å². The van der Waals surface area contributed by atoms with Gasteiger partial charge in [0.15, 0.2) is 0 Å². The van der Waals surface area contributed by atoms with Crippen molar-refractivity contribution in [2.45, 2.75) is 32.0 Å². The average molecular weight is 116 g/mol. The molecule has 0 saturated heterocycles. The first kappa shape index (κ1) is 6.05. The Kier molecular flexibility index (Phi) is 1.10. The largest absolute Gasteiger partial charge is 0.390 e. The van der Waals surface area contributed by atoms with E-state index in [-0.39, 0.29) is 5.92 Å². The van der Waals surface area contributed by atoms with Gasteiger partial charge in [-0.25, -0.2) is 0 Å². The number of aliphatic hydroxyl groups excluding tert-OH is 1. The molecule has 0 bridgehead atoms. The smallest absolute Gasteiger partial charge is 0.0903 e. The van der Waals surface area contributed by atoms with Crippen molar-refractivity contribution in [3.05, 3.63) is 0 Å². The maximum atomic E-state index is 9.20. The van der Waals surface area contributed by atoms with Gasteiger partial charge in [0.25, 0.3) is 0 Å². The van der Waals surface area contributed by atoms with Crippen LogP contribution in [0.3, 0.4) is 0 Å². The molecule has 0 radical (unpaired) electrons. The van der Waals surface area contributed by atoms with Crippen molar-refractivity contribution in [2.24, 2.45) is 5.92 Å². The molecule has 1 aliphatic carbocycles. The molecule has 1 aliphatic rings. The fourth-order valence-corrected chi connectivity index (χ4v) is 0.980. The Hall–Kier alpha value is -0.0800. The molecule has 0 aliphatic heterocycles. The Morgan fingerprint density at radius 1 is 1.62 bits per heavy atom. The molecule has 8 heavy (non-hydrogen) atoms. The minimum Gasteiger partial charge on any atom is -0.390 e. The zero-order valence-electron chi connectivity index (χ0n) is 5.26. The number of hydrogen-bond acceptors (Lipinski definition) is 2. The van der Waals surface area contributed by atoms with Crippen LogP contribution >= 0.6 is 0 Å². The highest BCUT2D eigenvalue weighted by Gasteiger charge is 2.46. The molecular weight excluding hydrogens is 104 g/mol. The highest BCUT2D eigenvalue weighted by atomic mass is 16.3. The minimum atomic E-state index is -0.806. The summed E-state index contributed by atoms with van der Waals surface area (Å²) in [4.78, 5) is 0. The third-order valence-corrected chi connectivity index (χ3v) is 2.25. The lowest BCUT2D eigenvalue weighted by atomic mass is 9.69. The van der Waals surface area contributed by atoms with Crippen molar-refractivity contribution < 1.29 is 10.2 Å². The summed E-state index contributed by atoms with van der Waals surface area (Å²) in [7, 11) is 0. The van der Waals surface area contributed by atoms with Crippen LogP contribution in [0.4, 0.5) is 0 Å². The minimum absolute atomic E-state index is 0.262. The van der Waals surface area contributed by atoms with Gasteiger partial charge in [0.2, 0.25) is 0 Å². The molecule has 3 atom stereocenters. The van der Waals surface area contributed by atoms with E-state index in [1.54, 1.807) is 6.92 Å². The van der Waals surface area contributed by atoms with Crippen LogP contribution in [0.25, 0.3) is 0 Å². The van der Waals surface area contributed by atoms with Gasteiger partial charge in [0, 0.05) is 0 Å². The molecule has 1 rings (SSSR count). The third kappa shape index (κ3) is 0.565. The molecule has 0 aromatic heterocycles. The Morgan fingerprint density at radius 2 is 2.12 bits per heavy atom. The fraction of sp³-hybridized carbons (Fsp3) is 1.00. The van der Waals surface area contributed by atoms with Gasteiger partial charge in [-0.15, -0.1) is 0 Å². The summed E-state index contributed by atoms with van der Waals surface area (Å²) in [5, 5.41) is 18.1. The SMILES string of the molecule is CC1CC(O)C1(C)O. The Balaban J connectivity index is 2.52. The normalized spacial score (nSPS) is 55.5. The van der Waals surface area contributed by atoms with E-state index < -0.39 is 11.7 Å². The second-order valence-corrected chi connectivity index (χ2v) is 2.88. The predicted molar refractivity (Wildman–Crippen MR) is 30.4 cm³/mol. The molecule has 0 spiro atoms. The lowest BCUT2D eigenvalue weighted by Crippen LogP contribution is -2.56. The van der Waals surface area contributed by atoms with Crippen LogP contribution < -0.4 is 0 Å². The molecule has 0 aromatic carbocycles. The zero-order chi connectivity index (χ0) is 6.36. The van der Waals surface area contributed by atoms with Crippen molar-refractivity contribution in [2.75, 3.05) is 0 Å². The van der Waals surface area contributed by atoms with Crippen molar-refractivity contribution in [3.63, 3.8) is 0 Å². The summed E-state index contributed by atoms with van der Waals surface area (Å²) < 4.78 is 0. The van der Waals surface area contributed by atoms with Crippen molar-refractivity contribution >= 4 is 0 Å². The van der Waals surface area contributed by atoms with E-state index in [1.165, 1.54) is 0 Å². The van der Waals surface area contributed by atoms with Crippen LogP contribution in [0.15, 0.2) is 0 Å². The standard InChI is InChI=1S/C6H12O2/c1-4-3-5(7)6(4,2)8/h4-5,7-8H,3H2,1-2H3. The third-order valence-electron chi connectivity index (χ3n) is 2.25. The first-order chi connectivity index (χ1) is 3.55. The van der Waals surface area contributed by atoms with Gasteiger partial charge in [-0.3, -0.25) is 0 Å². The second kappa shape index (κ2) is 1.45. The number of hydrogen-bond donors (Lipinski definition) is 2. The summed E-state index contributed by atoms with van der Waals surface area (Å²) in [6.45, 7) is 3.61. The number of rotatable bonds is 0. The lowest BCUT2D eigenvalue weighted by Gasteiger charge is -2.45. The van der Waals surface area contributed by atoms with Crippen LogP contribution in [0, 0.1) is 5.92 Å². The molecule has 0 aromatic rings. The van der Waals surface area contributed by atoms with Crippen molar-refractivity contribution in [1.29, 1.82) is 0 Å². The molecule has 0 amide bonds. The molecule has 2 heteroatoms. The highest BCUT2D eigenvalue weighted by Crippen LogP contribution is 2.37. The molecule has 0 heterocycles. The summed E-state index contributed by atoms with van der Waals surface area (Å²) in [5.41, 5.74) is -0.806. The summed E-state index contributed by atoms with van der Waals surface area (Å²) in [5.74, 6) is 0.262. The Labute approximate surface area is 49.1 Å². The van der Waals surface area contributed by atoms with Gasteiger partial charge < -0.3 is 10.2 Å². The first-order valence-electron chi connectivity index (χ1n) is 2.95. The van der Waals surface area contributed by atoms with Gasteiger partial charge in [-0.1, -0.05) is 6.92 Å². The van der Waals surface area contributed by atoms with Crippen molar-refractivity contribution in [3.8, 4) is 0 Å². The van der Waals surface area contributed by atoms with Crippen LogP contribution in [0.5, 0.6) is 0 Å². The maximum Gasteiger partial charge on any atom is 0.0903 e. The molecule has 1 saturated carbocycles. The van der Waals surface area contributed by atoms with Gasteiger partial charge in [0.1, 0.15) is 0 Å². The van der Waals surface area contributed by atoms with Gasteiger partial charge in [-0.05, 0) is 19.3 Å². The van der Waals surface area contributed by atoms with E-state index in [2.05, 4.69) is 0 Å². The summed E-state index contributed by atoms with van der Waals surface area (Å²) in [6.07, 6.45) is 0.255. The molecule has 2 N–H and O–H groups in total. The second-order valence-electron chi connectivity index (χ2n) is 2.88. The van der Waals surface area contributed by atoms with E-state index in [9.17, 15) is 5.11 Å². The monoisotopic (exact) mass is 116 g/mol. The van der Waals surface area contributed by atoms with E-state index in [4.69, 9.17) is 5.11 Å². The van der Waals surface area contributed by atoms with Crippen LogP contribution in [0.2, 0.25) is 0 Å². The molecular formula is C6H12O2. The van der Waals surface area contributed by atoms with Crippen LogP contribution in [0.1, 0.15) is 20.3 Å². The molecule has 48 valence electrons. The Morgan fingerprint density at radius 3 is 2.12 bits per heavy atom. The van der Waals surface area contributed by atoms with Crippen LogP contribution in [-0.4, -0.2) is 21.9 Å². The maximum absolute atomic E-state index is 9.20. The van der Waals surface area contributed by atoms with Crippen molar-refractivity contribution in [1.82, 2.24) is 0 Å². The summed E-state index contributed by atoms with van der Waals surface area (Å²) >= 11 is 0.